The lowest BCUT2D eigenvalue weighted by Gasteiger charge is -2.21. The Morgan fingerprint density at radius 1 is 1.28 bits per heavy atom. The maximum atomic E-state index is 9.70. The molecule has 2 N–H and O–H groups in total. The first-order chi connectivity index (χ1) is 8.77. The van der Waals surface area contributed by atoms with Crippen molar-refractivity contribution in [3.63, 3.8) is 0 Å². The number of benzene rings is 1. The van der Waals surface area contributed by atoms with Gasteiger partial charge >= 0.3 is 0 Å². The molecule has 0 amide bonds. The molecule has 1 aromatic rings. The molecular formula is C15H24N2O. The summed E-state index contributed by atoms with van der Waals surface area (Å²) in [6.45, 7) is 2.03. The van der Waals surface area contributed by atoms with E-state index in [0.29, 0.717) is 6.04 Å². The molecule has 0 spiro atoms. The van der Waals surface area contributed by atoms with E-state index in [1.54, 1.807) is 0 Å². The molecule has 0 heterocycles. The fraction of sp³-hybridized carbons (Fsp3) is 0.600. The highest BCUT2D eigenvalue weighted by Gasteiger charge is 2.23. The number of aliphatic hydroxyl groups excluding tert-OH is 1. The number of nitrogens with zero attached hydrogens (tertiary/aromatic N) is 1. The van der Waals surface area contributed by atoms with Crippen molar-refractivity contribution in [2.75, 3.05) is 25.0 Å². The maximum Gasteiger partial charge on any atom is 0.0693 e. The van der Waals surface area contributed by atoms with E-state index in [1.807, 2.05) is 6.07 Å². The number of aliphatic hydroxyl groups is 1. The van der Waals surface area contributed by atoms with Gasteiger partial charge in [-0.05, 0) is 44.4 Å². The van der Waals surface area contributed by atoms with Gasteiger partial charge in [-0.1, -0.05) is 18.2 Å². The molecule has 0 bridgehead atoms. The Kier molecular flexibility index (Phi) is 5.02. The van der Waals surface area contributed by atoms with E-state index >= 15 is 0 Å². The van der Waals surface area contributed by atoms with Crippen molar-refractivity contribution in [1.82, 2.24) is 5.32 Å². The maximum absolute atomic E-state index is 9.70. The predicted octanol–water partition coefficient (Wildman–Crippen LogP) is 2.02. The van der Waals surface area contributed by atoms with E-state index in [0.717, 1.165) is 38.8 Å². The van der Waals surface area contributed by atoms with Crippen LogP contribution in [0.5, 0.6) is 0 Å². The van der Waals surface area contributed by atoms with Crippen molar-refractivity contribution in [3.05, 3.63) is 30.3 Å². The second-order valence-corrected chi connectivity index (χ2v) is 5.17. The molecule has 0 saturated heterocycles. The standard InChI is InChI=1S/C15H24N2O/c1-17(13-7-3-2-4-8-13)12-6-11-16-14-9-5-10-15(14)18/h2-4,7-8,14-16,18H,5-6,9-12H2,1H3/t14-,15-/m1/s1. The second kappa shape index (κ2) is 6.76. The normalized spacial score (nSPS) is 23.2. The van der Waals surface area contributed by atoms with Crippen LogP contribution in [0.4, 0.5) is 5.69 Å². The number of nitrogens with one attached hydrogen (secondary N) is 1. The third kappa shape index (κ3) is 3.72. The molecule has 1 aliphatic rings. The van der Waals surface area contributed by atoms with Crippen molar-refractivity contribution in [2.24, 2.45) is 0 Å². The minimum atomic E-state index is -0.128. The summed E-state index contributed by atoms with van der Waals surface area (Å²) in [4.78, 5) is 2.27. The Morgan fingerprint density at radius 3 is 2.72 bits per heavy atom. The van der Waals surface area contributed by atoms with Crippen LogP contribution in [0.2, 0.25) is 0 Å². The fourth-order valence-corrected chi connectivity index (χ4v) is 2.59. The molecular weight excluding hydrogens is 224 g/mol. The molecule has 0 aromatic heterocycles. The largest absolute Gasteiger partial charge is 0.392 e. The average molecular weight is 248 g/mol. The molecule has 2 atom stereocenters. The van der Waals surface area contributed by atoms with Gasteiger partial charge in [0.1, 0.15) is 0 Å². The van der Waals surface area contributed by atoms with E-state index < -0.39 is 0 Å². The minimum absolute atomic E-state index is 0.128. The zero-order valence-electron chi connectivity index (χ0n) is 11.2. The quantitative estimate of drug-likeness (QED) is 0.756. The summed E-state index contributed by atoms with van der Waals surface area (Å²) in [7, 11) is 2.12. The predicted molar refractivity (Wildman–Crippen MR) is 76.0 cm³/mol. The summed E-state index contributed by atoms with van der Waals surface area (Å²) in [5.41, 5.74) is 1.26. The van der Waals surface area contributed by atoms with E-state index in [9.17, 15) is 5.11 Å². The molecule has 1 aromatic carbocycles. The van der Waals surface area contributed by atoms with E-state index in [1.165, 1.54) is 5.69 Å². The van der Waals surface area contributed by atoms with Crippen LogP contribution in [0.25, 0.3) is 0 Å². The molecule has 3 heteroatoms. The molecule has 3 nitrogen and oxygen atoms in total. The van der Waals surface area contributed by atoms with Gasteiger partial charge in [0, 0.05) is 25.3 Å². The molecule has 1 fully saturated rings. The summed E-state index contributed by atoms with van der Waals surface area (Å²) in [6.07, 6.45) is 4.21. The number of hydrogen-bond donors (Lipinski definition) is 2. The Morgan fingerprint density at radius 2 is 2.06 bits per heavy atom. The van der Waals surface area contributed by atoms with Gasteiger partial charge in [0.05, 0.1) is 6.10 Å². The molecule has 18 heavy (non-hydrogen) atoms. The van der Waals surface area contributed by atoms with Crippen LogP contribution in [0.3, 0.4) is 0 Å². The van der Waals surface area contributed by atoms with Crippen molar-refractivity contribution >= 4 is 5.69 Å². The summed E-state index contributed by atoms with van der Waals surface area (Å²) in [5.74, 6) is 0. The van der Waals surface area contributed by atoms with Crippen LogP contribution < -0.4 is 10.2 Å². The van der Waals surface area contributed by atoms with Crippen LogP contribution in [-0.4, -0.2) is 37.4 Å². The number of rotatable bonds is 6. The lowest BCUT2D eigenvalue weighted by atomic mass is 10.2. The number of hydrogen-bond acceptors (Lipinski definition) is 3. The zero-order chi connectivity index (χ0) is 12.8. The summed E-state index contributed by atoms with van der Waals surface area (Å²) >= 11 is 0. The summed E-state index contributed by atoms with van der Waals surface area (Å²) in [6, 6.07) is 10.8. The first-order valence-electron chi connectivity index (χ1n) is 6.95. The highest BCUT2D eigenvalue weighted by molar-refractivity contribution is 5.44. The monoisotopic (exact) mass is 248 g/mol. The van der Waals surface area contributed by atoms with Crippen molar-refractivity contribution in [2.45, 2.75) is 37.8 Å². The lowest BCUT2D eigenvalue weighted by molar-refractivity contribution is 0.149. The molecule has 1 aliphatic carbocycles. The van der Waals surface area contributed by atoms with Crippen LogP contribution in [0, 0.1) is 0 Å². The second-order valence-electron chi connectivity index (χ2n) is 5.17. The zero-order valence-corrected chi connectivity index (χ0v) is 11.2. The number of para-hydroxylation sites is 1. The van der Waals surface area contributed by atoms with E-state index in [-0.39, 0.29) is 6.10 Å². The Balaban J connectivity index is 1.63. The van der Waals surface area contributed by atoms with Crippen LogP contribution >= 0.6 is 0 Å². The van der Waals surface area contributed by atoms with Gasteiger partial charge in [-0.3, -0.25) is 0 Å². The third-order valence-corrected chi connectivity index (χ3v) is 3.75. The van der Waals surface area contributed by atoms with E-state index in [4.69, 9.17) is 0 Å². The van der Waals surface area contributed by atoms with Gasteiger partial charge in [-0.15, -0.1) is 0 Å². The van der Waals surface area contributed by atoms with Crippen LogP contribution in [0.1, 0.15) is 25.7 Å². The van der Waals surface area contributed by atoms with Gasteiger partial charge in [0.15, 0.2) is 0 Å². The summed E-state index contributed by atoms with van der Waals surface area (Å²) < 4.78 is 0. The van der Waals surface area contributed by atoms with Crippen molar-refractivity contribution in [3.8, 4) is 0 Å². The lowest BCUT2D eigenvalue weighted by Crippen LogP contribution is -2.37. The molecule has 1 saturated carbocycles. The highest BCUT2D eigenvalue weighted by atomic mass is 16.3. The molecule has 100 valence electrons. The summed E-state index contributed by atoms with van der Waals surface area (Å²) in [5, 5.41) is 13.2. The smallest absolute Gasteiger partial charge is 0.0693 e. The SMILES string of the molecule is CN(CCCN[C@@H]1CCC[C@H]1O)c1ccccc1. The Hall–Kier alpha value is -1.06. The van der Waals surface area contributed by atoms with Crippen LogP contribution in [-0.2, 0) is 0 Å². The molecule has 0 radical (unpaired) electrons. The highest BCUT2D eigenvalue weighted by Crippen LogP contribution is 2.18. The minimum Gasteiger partial charge on any atom is -0.392 e. The van der Waals surface area contributed by atoms with Gasteiger partial charge < -0.3 is 15.3 Å². The van der Waals surface area contributed by atoms with Gasteiger partial charge in [0.2, 0.25) is 0 Å². The fourth-order valence-electron chi connectivity index (χ4n) is 2.59. The Labute approximate surface area is 110 Å². The first kappa shape index (κ1) is 13.4. The Bertz CT molecular complexity index is 342. The van der Waals surface area contributed by atoms with Crippen molar-refractivity contribution in [1.29, 1.82) is 0 Å². The molecule has 0 unspecified atom stereocenters. The topological polar surface area (TPSA) is 35.5 Å². The van der Waals surface area contributed by atoms with Gasteiger partial charge in [-0.2, -0.15) is 0 Å². The third-order valence-electron chi connectivity index (χ3n) is 3.75. The van der Waals surface area contributed by atoms with Gasteiger partial charge in [0.25, 0.3) is 0 Å². The van der Waals surface area contributed by atoms with E-state index in [2.05, 4.69) is 41.5 Å². The first-order valence-corrected chi connectivity index (χ1v) is 6.95. The number of anilines is 1. The van der Waals surface area contributed by atoms with Gasteiger partial charge in [-0.25, -0.2) is 0 Å². The molecule has 2 rings (SSSR count). The average Bonchev–Trinajstić information content (AvgIpc) is 2.81. The van der Waals surface area contributed by atoms with Crippen LogP contribution in [0.15, 0.2) is 30.3 Å². The molecule has 0 aliphatic heterocycles. The van der Waals surface area contributed by atoms with Crippen molar-refractivity contribution < 1.29 is 5.11 Å².